The van der Waals surface area contributed by atoms with Gasteiger partial charge in [-0.15, -0.1) is 0 Å². The third-order valence-corrected chi connectivity index (χ3v) is 15.2. The summed E-state index contributed by atoms with van der Waals surface area (Å²) < 4.78 is 0. The topological polar surface area (TPSA) is 0 Å². The Labute approximate surface area is 243 Å². The maximum atomic E-state index is 2.64. The van der Waals surface area contributed by atoms with Crippen molar-refractivity contribution in [1.29, 1.82) is 0 Å². The summed E-state index contributed by atoms with van der Waals surface area (Å²) in [6.45, 7) is 29.7. The normalized spacial score (nSPS) is 32.1. The highest BCUT2D eigenvalue weighted by atomic mass is 28.3. The summed E-state index contributed by atoms with van der Waals surface area (Å²) in [5.74, 6) is 8.96. The first-order valence-electron chi connectivity index (χ1n) is 15.4. The molecule has 0 N–H and O–H groups in total. The SMILES string of the molecule is C[C]1[CH][C]2C=C3C(=C[C]2[C]1[Si](C)(C)[C]1[C](C)[CH][C]2C=C4C(=C[C]21)C(C)(C)CCC4(C)C)C(C)(C)CCC3(C)C. The average molecular weight is 535 g/mol. The van der Waals surface area contributed by atoms with E-state index in [1.807, 2.05) is 0 Å². The molecule has 0 aromatic rings. The third-order valence-electron chi connectivity index (χ3n) is 11.4. The van der Waals surface area contributed by atoms with Crippen LogP contribution in [0.3, 0.4) is 0 Å². The van der Waals surface area contributed by atoms with Crippen LogP contribution < -0.4 is 0 Å². The van der Waals surface area contributed by atoms with Crippen molar-refractivity contribution in [1.82, 2.24) is 0 Å². The van der Waals surface area contributed by atoms with E-state index in [9.17, 15) is 0 Å². The minimum absolute atomic E-state index is 0.230. The molecule has 0 heterocycles. The second kappa shape index (κ2) is 8.61. The van der Waals surface area contributed by atoms with Gasteiger partial charge in [0.2, 0.25) is 0 Å². The smallest absolute Gasteiger partial charge is 0.0642 e. The van der Waals surface area contributed by atoms with Crippen LogP contribution >= 0.6 is 0 Å². The molecule has 0 aromatic heterocycles. The van der Waals surface area contributed by atoms with Crippen molar-refractivity contribution in [2.45, 2.75) is 108 Å². The van der Waals surface area contributed by atoms with Gasteiger partial charge in [-0.3, -0.25) is 0 Å². The highest BCUT2D eigenvalue weighted by molar-refractivity contribution is 6.90. The van der Waals surface area contributed by atoms with Gasteiger partial charge in [-0.05, 0) is 105 Å². The highest BCUT2D eigenvalue weighted by Crippen LogP contribution is 2.66. The van der Waals surface area contributed by atoms with Gasteiger partial charge in [0.25, 0.3) is 0 Å². The third kappa shape index (κ3) is 4.16. The van der Waals surface area contributed by atoms with E-state index in [1.165, 1.54) is 61.2 Å². The lowest BCUT2D eigenvalue weighted by molar-refractivity contribution is 0.258. The first-order valence-corrected chi connectivity index (χ1v) is 18.4. The van der Waals surface area contributed by atoms with Gasteiger partial charge in [-0.1, -0.05) is 107 Å². The van der Waals surface area contributed by atoms with E-state index < -0.39 is 8.07 Å². The Balaban J connectivity index is 1.38. The summed E-state index contributed by atoms with van der Waals surface area (Å²) in [7, 11) is -2.02. The Morgan fingerprint density at radius 1 is 0.487 bits per heavy atom. The van der Waals surface area contributed by atoms with Crippen molar-refractivity contribution in [3.8, 4) is 0 Å². The molecule has 206 valence electrons. The van der Waals surface area contributed by atoms with Crippen LogP contribution in [0.15, 0.2) is 46.6 Å². The zero-order valence-corrected chi connectivity index (χ0v) is 27.8. The van der Waals surface area contributed by atoms with Gasteiger partial charge in [0.05, 0.1) is 8.07 Å². The van der Waals surface area contributed by atoms with Gasteiger partial charge in [0.1, 0.15) is 0 Å². The molecule has 0 aromatic carbocycles. The van der Waals surface area contributed by atoms with E-state index in [4.69, 9.17) is 0 Å². The molecule has 0 amide bonds. The summed E-state index contributed by atoms with van der Waals surface area (Å²) in [6, 6.07) is 0. The standard InChI is InChI=1S/C38H50Si/c1-23-17-25-19-29-31(37(7,8)15-13-35(29,3)4)21-27(25)33(23)39(11,12)34-24(2)18-26-20-30-32(22-28(26)34)38(9,10)16-14-36(30,5)6/h17-22H,13-16H2,1-12H3. The molecular formula is C38H50Si. The molecule has 6 aliphatic carbocycles. The second-order valence-electron chi connectivity index (χ2n) is 16.5. The van der Waals surface area contributed by atoms with E-state index in [-0.39, 0.29) is 21.7 Å². The Morgan fingerprint density at radius 2 is 0.769 bits per heavy atom. The molecule has 4 saturated carbocycles. The lowest BCUT2D eigenvalue weighted by atomic mass is 9.58. The highest BCUT2D eigenvalue weighted by Gasteiger charge is 2.60. The first-order chi connectivity index (χ1) is 17.9. The molecule has 0 unspecified atom stereocenters. The van der Waals surface area contributed by atoms with Gasteiger partial charge in [0.15, 0.2) is 0 Å². The van der Waals surface area contributed by atoms with Gasteiger partial charge in [0, 0.05) is 23.7 Å². The molecule has 39 heavy (non-hydrogen) atoms. The van der Waals surface area contributed by atoms with Crippen molar-refractivity contribution < 1.29 is 0 Å². The van der Waals surface area contributed by atoms with Crippen LogP contribution in [0.25, 0.3) is 0 Å². The quantitative estimate of drug-likeness (QED) is 0.309. The lowest BCUT2D eigenvalue weighted by Crippen LogP contribution is -2.48. The van der Waals surface area contributed by atoms with Crippen LogP contribution in [0.4, 0.5) is 0 Å². The molecule has 0 nitrogen and oxygen atoms in total. The molecule has 0 aliphatic heterocycles. The maximum Gasteiger partial charge on any atom is 0.0642 e. The Kier molecular flexibility index (Phi) is 6.25. The van der Waals surface area contributed by atoms with Crippen LogP contribution in [0.2, 0.25) is 13.1 Å². The molecule has 0 spiro atoms. The predicted molar refractivity (Wildman–Crippen MR) is 169 cm³/mol. The number of hydrogen-bond donors (Lipinski definition) is 0. The van der Waals surface area contributed by atoms with E-state index in [2.05, 4.69) is 119 Å². The molecule has 6 rings (SSSR count). The maximum absolute atomic E-state index is 2.64. The van der Waals surface area contributed by atoms with Crippen LogP contribution in [0.1, 0.15) is 94.9 Å². The Morgan fingerprint density at radius 3 is 1.08 bits per heavy atom. The molecule has 0 bridgehead atoms. The monoisotopic (exact) mass is 534 g/mol. The molecule has 4 fully saturated rings. The summed E-state index contributed by atoms with van der Waals surface area (Å²) in [5.41, 5.74) is 10.6. The minimum Gasteiger partial charge on any atom is -0.0721 e. The molecule has 0 saturated heterocycles. The van der Waals surface area contributed by atoms with E-state index in [0.29, 0.717) is 0 Å². The van der Waals surface area contributed by atoms with Gasteiger partial charge in [-0.25, -0.2) is 0 Å². The number of allylic oxidation sites excluding steroid dienone is 8. The number of hydrogen-bond acceptors (Lipinski definition) is 0. The zero-order valence-electron chi connectivity index (χ0n) is 26.8. The fourth-order valence-electron chi connectivity index (χ4n) is 8.75. The van der Waals surface area contributed by atoms with E-state index in [1.54, 1.807) is 33.4 Å². The predicted octanol–water partition coefficient (Wildman–Crippen LogP) is 10.3. The Hall–Kier alpha value is -0.823. The molecule has 6 aliphatic rings. The van der Waals surface area contributed by atoms with Gasteiger partial charge >= 0.3 is 0 Å². The fraction of sp³-hybridized carbons (Fsp3) is 0.526. The van der Waals surface area contributed by atoms with Crippen molar-refractivity contribution in [2.24, 2.45) is 21.7 Å². The zero-order chi connectivity index (χ0) is 28.5. The molecule has 0 atom stereocenters. The van der Waals surface area contributed by atoms with E-state index in [0.717, 1.165) is 0 Å². The summed E-state index contributed by atoms with van der Waals surface area (Å²) in [4.78, 5) is 0. The van der Waals surface area contributed by atoms with Gasteiger partial charge < -0.3 is 0 Å². The average Bonchev–Trinajstić information content (AvgIpc) is 3.33. The van der Waals surface area contributed by atoms with Crippen molar-refractivity contribution in [3.05, 3.63) is 106 Å². The first kappa shape index (κ1) is 28.3. The lowest BCUT2D eigenvalue weighted by Gasteiger charge is -2.50. The minimum atomic E-state index is -2.02. The summed E-state index contributed by atoms with van der Waals surface area (Å²) >= 11 is 0. The fourth-order valence-corrected chi connectivity index (χ4v) is 12.9. The van der Waals surface area contributed by atoms with Crippen LogP contribution in [0, 0.1) is 81.1 Å². The number of rotatable bonds is 2. The summed E-state index contributed by atoms with van der Waals surface area (Å²) in [5, 5.41) is 0. The van der Waals surface area contributed by atoms with Crippen molar-refractivity contribution in [2.75, 3.05) is 0 Å². The molecule has 1 heteroatoms. The van der Waals surface area contributed by atoms with Crippen LogP contribution in [-0.4, -0.2) is 8.07 Å². The second-order valence-corrected chi connectivity index (χ2v) is 20.8. The van der Waals surface area contributed by atoms with Gasteiger partial charge in [-0.2, -0.15) is 0 Å². The van der Waals surface area contributed by atoms with Crippen LogP contribution in [0.5, 0.6) is 0 Å². The van der Waals surface area contributed by atoms with Crippen molar-refractivity contribution >= 4 is 8.07 Å². The van der Waals surface area contributed by atoms with Crippen molar-refractivity contribution in [3.63, 3.8) is 0 Å². The Bertz CT molecular complexity index is 1070. The molecular weight excluding hydrogens is 485 g/mol. The number of fused-ring (bicyclic) bond motifs is 4. The largest absolute Gasteiger partial charge is 0.0721 e. The van der Waals surface area contributed by atoms with Crippen LogP contribution in [-0.2, 0) is 0 Å². The van der Waals surface area contributed by atoms with E-state index >= 15 is 0 Å². The summed E-state index contributed by atoms with van der Waals surface area (Å²) in [6.07, 6.45) is 20.5. The molecule has 10 radical (unpaired) electrons.